The van der Waals surface area contributed by atoms with Gasteiger partial charge >= 0.3 is 0 Å². The molecule has 2 nitrogen and oxygen atoms in total. The number of rotatable bonds is 5. The Morgan fingerprint density at radius 2 is 1.87 bits per heavy atom. The van der Waals surface area contributed by atoms with E-state index in [2.05, 4.69) is 0 Å². The SMILES string of the molecule is CCCC(O)(CC)C(=O)c1ccccc1. The summed E-state index contributed by atoms with van der Waals surface area (Å²) in [4.78, 5) is 12.0. The molecule has 1 rings (SSSR count). The summed E-state index contributed by atoms with van der Waals surface area (Å²) in [6, 6.07) is 8.99. The van der Waals surface area contributed by atoms with Crippen LogP contribution in [0, 0.1) is 0 Å². The molecular weight excluding hydrogens is 188 g/mol. The van der Waals surface area contributed by atoms with Gasteiger partial charge in [-0.1, -0.05) is 50.6 Å². The van der Waals surface area contributed by atoms with Gasteiger partial charge in [-0.15, -0.1) is 0 Å². The molecule has 1 unspecified atom stereocenters. The summed E-state index contributed by atoms with van der Waals surface area (Å²) in [6.07, 6.45) is 1.80. The fourth-order valence-electron chi connectivity index (χ4n) is 1.72. The van der Waals surface area contributed by atoms with Gasteiger partial charge in [-0.25, -0.2) is 0 Å². The highest BCUT2D eigenvalue weighted by molar-refractivity contribution is 6.02. The molecule has 0 aliphatic carbocycles. The van der Waals surface area contributed by atoms with E-state index in [4.69, 9.17) is 0 Å². The van der Waals surface area contributed by atoms with E-state index in [-0.39, 0.29) is 5.78 Å². The van der Waals surface area contributed by atoms with E-state index < -0.39 is 5.60 Å². The van der Waals surface area contributed by atoms with Gasteiger partial charge in [0.15, 0.2) is 5.78 Å². The van der Waals surface area contributed by atoms with Gasteiger partial charge in [0.1, 0.15) is 5.60 Å². The standard InChI is InChI=1S/C13H18O2/c1-3-10-13(15,4-2)12(14)11-8-6-5-7-9-11/h5-9,15H,3-4,10H2,1-2H3. The minimum absolute atomic E-state index is 0.160. The lowest BCUT2D eigenvalue weighted by molar-refractivity contribution is 0.0248. The van der Waals surface area contributed by atoms with Crippen LogP contribution < -0.4 is 0 Å². The number of aliphatic hydroxyl groups is 1. The first-order valence-electron chi connectivity index (χ1n) is 5.46. The molecule has 0 saturated heterocycles. The minimum Gasteiger partial charge on any atom is -0.382 e. The number of hydrogen-bond acceptors (Lipinski definition) is 2. The van der Waals surface area contributed by atoms with Crippen LogP contribution in [-0.4, -0.2) is 16.5 Å². The van der Waals surface area contributed by atoms with Crippen molar-refractivity contribution in [1.82, 2.24) is 0 Å². The second-order valence-electron chi connectivity index (χ2n) is 3.83. The Morgan fingerprint density at radius 1 is 1.27 bits per heavy atom. The lowest BCUT2D eigenvalue weighted by atomic mass is 9.86. The molecule has 0 aliphatic heterocycles. The molecule has 0 amide bonds. The van der Waals surface area contributed by atoms with Crippen molar-refractivity contribution < 1.29 is 9.90 Å². The topological polar surface area (TPSA) is 37.3 Å². The van der Waals surface area contributed by atoms with Gasteiger partial charge < -0.3 is 5.11 Å². The minimum atomic E-state index is -1.18. The zero-order valence-electron chi connectivity index (χ0n) is 9.36. The normalized spacial score (nSPS) is 14.6. The van der Waals surface area contributed by atoms with Crippen LogP contribution in [0.2, 0.25) is 0 Å². The summed E-state index contributed by atoms with van der Waals surface area (Å²) >= 11 is 0. The number of hydrogen-bond donors (Lipinski definition) is 1. The highest BCUT2D eigenvalue weighted by atomic mass is 16.3. The fraction of sp³-hybridized carbons (Fsp3) is 0.462. The highest BCUT2D eigenvalue weighted by Crippen LogP contribution is 2.22. The van der Waals surface area contributed by atoms with Gasteiger partial charge in [0.05, 0.1) is 0 Å². The lowest BCUT2D eigenvalue weighted by Gasteiger charge is -2.24. The molecular formula is C13H18O2. The molecule has 0 aliphatic rings. The Labute approximate surface area is 90.9 Å². The smallest absolute Gasteiger partial charge is 0.194 e. The third kappa shape index (κ3) is 2.66. The summed E-state index contributed by atoms with van der Waals surface area (Å²) in [7, 11) is 0. The third-order valence-electron chi connectivity index (χ3n) is 2.71. The van der Waals surface area contributed by atoms with Crippen LogP contribution in [0.3, 0.4) is 0 Å². The Kier molecular flexibility index (Phi) is 4.04. The van der Waals surface area contributed by atoms with Crippen LogP contribution in [0.15, 0.2) is 30.3 Å². The first-order valence-corrected chi connectivity index (χ1v) is 5.46. The van der Waals surface area contributed by atoms with Gasteiger partial charge in [-0.3, -0.25) is 4.79 Å². The Balaban J connectivity index is 2.92. The fourth-order valence-corrected chi connectivity index (χ4v) is 1.72. The van der Waals surface area contributed by atoms with E-state index in [0.717, 1.165) is 6.42 Å². The Hall–Kier alpha value is -1.15. The molecule has 0 fully saturated rings. The average Bonchev–Trinajstić information content (AvgIpc) is 2.29. The molecule has 2 heteroatoms. The van der Waals surface area contributed by atoms with E-state index in [0.29, 0.717) is 18.4 Å². The molecule has 0 heterocycles. The largest absolute Gasteiger partial charge is 0.382 e. The van der Waals surface area contributed by atoms with Crippen molar-refractivity contribution in [3.8, 4) is 0 Å². The molecule has 1 atom stereocenters. The van der Waals surface area contributed by atoms with E-state index >= 15 is 0 Å². The molecule has 0 radical (unpaired) electrons. The number of ketones is 1. The summed E-state index contributed by atoms with van der Waals surface area (Å²) in [5.74, 6) is -0.160. The van der Waals surface area contributed by atoms with Crippen LogP contribution in [0.5, 0.6) is 0 Å². The van der Waals surface area contributed by atoms with Crippen molar-refractivity contribution in [2.45, 2.75) is 38.7 Å². The molecule has 15 heavy (non-hydrogen) atoms. The van der Waals surface area contributed by atoms with Crippen LogP contribution in [0.4, 0.5) is 0 Å². The second-order valence-corrected chi connectivity index (χ2v) is 3.83. The zero-order valence-corrected chi connectivity index (χ0v) is 9.36. The van der Waals surface area contributed by atoms with Crippen molar-refractivity contribution in [2.24, 2.45) is 0 Å². The van der Waals surface area contributed by atoms with E-state index in [9.17, 15) is 9.90 Å². The van der Waals surface area contributed by atoms with Crippen molar-refractivity contribution >= 4 is 5.78 Å². The predicted molar refractivity (Wildman–Crippen MR) is 60.9 cm³/mol. The van der Waals surface area contributed by atoms with Crippen LogP contribution >= 0.6 is 0 Å². The second kappa shape index (κ2) is 5.08. The molecule has 0 saturated carbocycles. The molecule has 0 spiro atoms. The first kappa shape index (κ1) is 11.9. The summed E-state index contributed by atoms with van der Waals surface area (Å²) in [6.45, 7) is 3.81. The monoisotopic (exact) mass is 206 g/mol. The van der Waals surface area contributed by atoms with Gasteiger partial charge in [0.25, 0.3) is 0 Å². The quantitative estimate of drug-likeness (QED) is 0.752. The summed E-state index contributed by atoms with van der Waals surface area (Å²) in [5.41, 5.74) is -0.592. The van der Waals surface area contributed by atoms with Crippen LogP contribution in [-0.2, 0) is 0 Å². The molecule has 82 valence electrons. The molecule has 0 bridgehead atoms. The first-order chi connectivity index (χ1) is 7.14. The number of carbonyl (C=O) groups is 1. The summed E-state index contributed by atoms with van der Waals surface area (Å²) < 4.78 is 0. The van der Waals surface area contributed by atoms with Crippen molar-refractivity contribution in [2.75, 3.05) is 0 Å². The highest BCUT2D eigenvalue weighted by Gasteiger charge is 2.33. The number of Topliss-reactive ketones (excluding diaryl/α,β-unsaturated/α-hetero) is 1. The maximum Gasteiger partial charge on any atom is 0.194 e. The molecule has 1 aromatic rings. The molecule has 1 N–H and O–H groups in total. The summed E-state index contributed by atoms with van der Waals surface area (Å²) in [5, 5.41) is 10.2. The van der Waals surface area contributed by atoms with Gasteiger partial charge in [-0.05, 0) is 12.8 Å². The maximum absolute atomic E-state index is 12.0. The van der Waals surface area contributed by atoms with E-state index in [1.54, 1.807) is 12.1 Å². The lowest BCUT2D eigenvalue weighted by Crippen LogP contribution is -2.37. The van der Waals surface area contributed by atoms with Gasteiger partial charge in [-0.2, -0.15) is 0 Å². The van der Waals surface area contributed by atoms with Crippen LogP contribution in [0.1, 0.15) is 43.5 Å². The van der Waals surface area contributed by atoms with Crippen molar-refractivity contribution in [3.05, 3.63) is 35.9 Å². The third-order valence-corrected chi connectivity index (χ3v) is 2.71. The zero-order chi connectivity index (χ0) is 11.3. The van der Waals surface area contributed by atoms with E-state index in [1.165, 1.54) is 0 Å². The van der Waals surface area contributed by atoms with Gasteiger partial charge in [0, 0.05) is 5.56 Å². The average molecular weight is 206 g/mol. The Bertz CT molecular complexity index is 319. The predicted octanol–water partition coefficient (Wildman–Crippen LogP) is 2.81. The van der Waals surface area contributed by atoms with E-state index in [1.807, 2.05) is 32.0 Å². The van der Waals surface area contributed by atoms with Crippen molar-refractivity contribution in [1.29, 1.82) is 0 Å². The number of benzene rings is 1. The van der Waals surface area contributed by atoms with Gasteiger partial charge in [0.2, 0.25) is 0 Å². The Morgan fingerprint density at radius 3 is 2.33 bits per heavy atom. The molecule has 1 aromatic carbocycles. The maximum atomic E-state index is 12.0. The van der Waals surface area contributed by atoms with Crippen molar-refractivity contribution in [3.63, 3.8) is 0 Å². The molecule has 0 aromatic heterocycles. The number of carbonyl (C=O) groups excluding carboxylic acids is 1. The van der Waals surface area contributed by atoms with Crippen LogP contribution in [0.25, 0.3) is 0 Å².